The van der Waals surface area contributed by atoms with Crippen LogP contribution >= 0.6 is 11.8 Å². The van der Waals surface area contributed by atoms with Gasteiger partial charge in [-0.05, 0) is 57.5 Å². The van der Waals surface area contributed by atoms with Crippen molar-refractivity contribution in [3.63, 3.8) is 0 Å². The third-order valence-electron chi connectivity index (χ3n) is 7.68. The van der Waals surface area contributed by atoms with Gasteiger partial charge in [-0.15, -0.1) is 10.2 Å². The molecular weight excluding hydrogens is 587 g/mol. The minimum Gasteiger partial charge on any atom is -0.339 e. The number of rotatable bonds is 8. The zero-order chi connectivity index (χ0) is 31.4. The highest BCUT2D eigenvalue weighted by Crippen LogP contribution is 2.31. The van der Waals surface area contributed by atoms with E-state index in [0.717, 1.165) is 45.5 Å². The molecule has 5 rings (SSSR count). The van der Waals surface area contributed by atoms with Crippen LogP contribution in [0.5, 0.6) is 0 Å². The highest BCUT2D eigenvalue weighted by Gasteiger charge is 2.33. The van der Waals surface area contributed by atoms with Crippen LogP contribution in [0.2, 0.25) is 0 Å². The van der Waals surface area contributed by atoms with Crippen molar-refractivity contribution < 1.29 is 22.8 Å². The molecule has 0 bridgehead atoms. The maximum absolute atomic E-state index is 13.1. The summed E-state index contributed by atoms with van der Waals surface area (Å²) in [6.07, 6.45) is -3.56. The van der Waals surface area contributed by atoms with Crippen LogP contribution in [0.25, 0.3) is 17.1 Å². The predicted octanol–water partition coefficient (Wildman–Crippen LogP) is 6.82. The second kappa shape index (κ2) is 13.3. The molecule has 0 N–H and O–H groups in total. The molecule has 1 fully saturated rings. The SMILES string of the molecule is Cc1ccc(-c2nnc(SCCCC(=O)N3CCN(C(=O)c4cccc(C(F)(F)F)c4)C(C)C3)n2-c2ccc(C)cc2)cc1. The quantitative estimate of drug-likeness (QED) is 0.160. The minimum atomic E-state index is -4.52. The normalized spacial score (nSPS) is 15.5. The Kier molecular flexibility index (Phi) is 9.43. The lowest BCUT2D eigenvalue weighted by Gasteiger charge is -2.40. The number of carbonyl (C=O) groups excluding carboxylic acids is 2. The van der Waals surface area contributed by atoms with Gasteiger partial charge in [0.25, 0.3) is 5.91 Å². The maximum atomic E-state index is 13.1. The van der Waals surface area contributed by atoms with Gasteiger partial charge < -0.3 is 9.80 Å². The molecule has 1 unspecified atom stereocenters. The molecule has 2 amide bonds. The number of halogens is 3. The molecule has 1 aliphatic heterocycles. The summed E-state index contributed by atoms with van der Waals surface area (Å²) in [5, 5.41) is 9.72. The second-order valence-corrected chi connectivity index (χ2v) is 12.1. The van der Waals surface area contributed by atoms with Crippen molar-refractivity contribution in [1.82, 2.24) is 24.6 Å². The van der Waals surface area contributed by atoms with Gasteiger partial charge in [0.2, 0.25) is 5.91 Å². The summed E-state index contributed by atoms with van der Waals surface area (Å²) in [5.74, 6) is 0.936. The number of benzene rings is 3. The first kappa shape index (κ1) is 31.3. The Labute approximate surface area is 259 Å². The van der Waals surface area contributed by atoms with Crippen molar-refractivity contribution in [3.8, 4) is 17.1 Å². The van der Waals surface area contributed by atoms with Crippen LogP contribution < -0.4 is 0 Å². The Morgan fingerprint density at radius 2 is 1.61 bits per heavy atom. The number of alkyl halides is 3. The lowest BCUT2D eigenvalue weighted by molar-refractivity contribution is -0.137. The topological polar surface area (TPSA) is 71.3 Å². The Morgan fingerprint density at radius 1 is 0.932 bits per heavy atom. The van der Waals surface area contributed by atoms with E-state index in [9.17, 15) is 22.8 Å². The minimum absolute atomic E-state index is 0.00694. The van der Waals surface area contributed by atoms with E-state index in [0.29, 0.717) is 31.7 Å². The molecule has 11 heteroatoms. The number of amides is 2. The molecule has 0 aliphatic carbocycles. The lowest BCUT2D eigenvalue weighted by atomic mass is 10.1. The molecule has 1 aromatic heterocycles. The highest BCUT2D eigenvalue weighted by atomic mass is 32.2. The first-order chi connectivity index (χ1) is 21.0. The van der Waals surface area contributed by atoms with Crippen molar-refractivity contribution in [2.45, 2.75) is 51.0 Å². The van der Waals surface area contributed by atoms with E-state index < -0.39 is 17.6 Å². The van der Waals surface area contributed by atoms with E-state index >= 15 is 0 Å². The molecule has 44 heavy (non-hydrogen) atoms. The van der Waals surface area contributed by atoms with E-state index in [4.69, 9.17) is 0 Å². The maximum Gasteiger partial charge on any atom is 0.416 e. The smallest absolute Gasteiger partial charge is 0.339 e. The van der Waals surface area contributed by atoms with Gasteiger partial charge in [-0.3, -0.25) is 14.2 Å². The van der Waals surface area contributed by atoms with Crippen LogP contribution in [0.3, 0.4) is 0 Å². The lowest BCUT2D eigenvalue weighted by Crippen LogP contribution is -2.55. The van der Waals surface area contributed by atoms with Crippen LogP contribution in [-0.2, 0) is 11.0 Å². The van der Waals surface area contributed by atoms with Crippen LogP contribution in [0.1, 0.15) is 46.8 Å². The molecule has 2 heterocycles. The van der Waals surface area contributed by atoms with Crippen LogP contribution in [0.4, 0.5) is 13.2 Å². The second-order valence-electron chi connectivity index (χ2n) is 11.1. The molecule has 230 valence electrons. The molecule has 0 radical (unpaired) electrons. The van der Waals surface area contributed by atoms with Gasteiger partial charge in [0.15, 0.2) is 11.0 Å². The van der Waals surface area contributed by atoms with E-state index in [1.165, 1.54) is 12.1 Å². The van der Waals surface area contributed by atoms with Gasteiger partial charge in [-0.25, -0.2) is 0 Å². The molecule has 4 aromatic rings. The van der Waals surface area contributed by atoms with Crippen molar-refractivity contribution in [3.05, 3.63) is 95.1 Å². The number of hydrogen-bond donors (Lipinski definition) is 0. The molecule has 3 aromatic carbocycles. The van der Waals surface area contributed by atoms with Gasteiger partial charge in [-0.1, -0.05) is 65.4 Å². The van der Waals surface area contributed by atoms with Crippen LogP contribution in [0, 0.1) is 13.8 Å². The molecular formula is C33H34F3N5O2S. The number of aryl methyl sites for hydroxylation is 2. The number of carbonyl (C=O) groups is 2. The summed E-state index contributed by atoms with van der Waals surface area (Å²) in [6, 6.07) is 20.5. The summed E-state index contributed by atoms with van der Waals surface area (Å²) in [7, 11) is 0. The fourth-order valence-electron chi connectivity index (χ4n) is 5.20. The zero-order valence-electron chi connectivity index (χ0n) is 24.8. The third kappa shape index (κ3) is 7.15. The Morgan fingerprint density at radius 3 is 2.27 bits per heavy atom. The van der Waals surface area contributed by atoms with Crippen molar-refractivity contribution >= 4 is 23.6 Å². The Hall–Kier alpha value is -4.12. The number of piperazine rings is 1. The summed E-state index contributed by atoms with van der Waals surface area (Å²) in [4.78, 5) is 29.3. The van der Waals surface area contributed by atoms with Gasteiger partial charge >= 0.3 is 6.18 Å². The summed E-state index contributed by atoms with van der Waals surface area (Å²) < 4.78 is 41.4. The van der Waals surface area contributed by atoms with Crippen molar-refractivity contribution in [1.29, 1.82) is 0 Å². The highest BCUT2D eigenvalue weighted by molar-refractivity contribution is 7.99. The predicted molar refractivity (Wildman–Crippen MR) is 165 cm³/mol. The van der Waals surface area contributed by atoms with Crippen LogP contribution in [-0.4, -0.2) is 67.8 Å². The molecule has 1 saturated heterocycles. The first-order valence-electron chi connectivity index (χ1n) is 14.5. The Bertz CT molecular complexity index is 1620. The summed E-state index contributed by atoms with van der Waals surface area (Å²) in [6.45, 7) is 6.82. The average molecular weight is 622 g/mol. The summed E-state index contributed by atoms with van der Waals surface area (Å²) in [5.41, 5.74) is 3.37. The standard InChI is InChI=1S/C33H34F3N5O2S/c1-22-9-13-25(14-10-22)30-37-38-32(41(30)28-15-11-23(2)12-16-28)44-19-5-8-29(42)39-17-18-40(24(3)21-39)31(43)26-6-4-7-27(20-26)33(34,35)36/h4,6-7,9-16,20,24H,5,8,17-19,21H2,1-3H3. The Balaban J connectivity index is 1.17. The van der Waals surface area contributed by atoms with Gasteiger partial charge in [0, 0.05) is 54.7 Å². The molecule has 0 saturated carbocycles. The van der Waals surface area contributed by atoms with Gasteiger partial charge in [0.05, 0.1) is 5.56 Å². The molecule has 7 nitrogen and oxygen atoms in total. The fraction of sp³-hybridized carbons (Fsp3) is 0.333. The number of thioether (sulfide) groups is 1. The zero-order valence-corrected chi connectivity index (χ0v) is 25.7. The molecule has 1 aliphatic rings. The third-order valence-corrected chi connectivity index (χ3v) is 8.69. The van der Waals surface area contributed by atoms with E-state index in [1.807, 2.05) is 61.7 Å². The van der Waals surface area contributed by atoms with E-state index in [1.54, 1.807) is 21.6 Å². The van der Waals surface area contributed by atoms with Gasteiger partial charge in [0.1, 0.15) is 0 Å². The average Bonchev–Trinajstić information content (AvgIpc) is 3.43. The van der Waals surface area contributed by atoms with Gasteiger partial charge in [-0.2, -0.15) is 13.2 Å². The number of hydrogen-bond acceptors (Lipinski definition) is 5. The molecule has 0 spiro atoms. The monoisotopic (exact) mass is 621 g/mol. The number of nitrogens with zero attached hydrogens (tertiary/aromatic N) is 5. The first-order valence-corrected chi connectivity index (χ1v) is 15.5. The largest absolute Gasteiger partial charge is 0.416 e. The number of aromatic nitrogens is 3. The van der Waals surface area contributed by atoms with E-state index in [2.05, 4.69) is 22.3 Å². The fourth-order valence-corrected chi connectivity index (χ4v) is 6.10. The van der Waals surface area contributed by atoms with E-state index in [-0.39, 0.29) is 24.1 Å². The van der Waals surface area contributed by atoms with Crippen molar-refractivity contribution in [2.24, 2.45) is 0 Å². The van der Waals surface area contributed by atoms with Crippen molar-refractivity contribution in [2.75, 3.05) is 25.4 Å². The molecule has 1 atom stereocenters. The summed E-state index contributed by atoms with van der Waals surface area (Å²) >= 11 is 1.54. The van der Waals surface area contributed by atoms with Crippen LogP contribution in [0.15, 0.2) is 78.0 Å².